The summed E-state index contributed by atoms with van der Waals surface area (Å²) in [4.78, 5) is 78.4. The largest absolute Gasteiger partial charge is 0.461 e. The highest BCUT2D eigenvalue weighted by molar-refractivity contribution is 6.37. The van der Waals surface area contributed by atoms with Crippen molar-refractivity contribution in [2.75, 3.05) is 13.1 Å². The summed E-state index contributed by atoms with van der Waals surface area (Å²) >= 11 is 0. The van der Waals surface area contributed by atoms with Gasteiger partial charge in [-0.25, -0.2) is 4.79 Å². The highest BCUT2D eigenvalue weighted by Crippen LogP contribution is 2.32. The van der Waals surface area contributed by atoms with Gasteiger partial charge in [0.2, 0.25) is 17.6 Å². The van der Waals surface area contributed by atoms with Gasteiger partial charge in [0.05, 0.1) is 6.04 Å². The van der Waals surface area contributed by atoms with E-state index in [4.69, 9.17) is 10.5 Å². The quantitative estimate of drug-likeness (QED) is 0.150. The van der Waals surface area contributed by atoms with Crippen LogP contribution in [0.15, 0.2) is 0 Å². The fourth-order valence-corrected chi connectivity index (χ4v) is 6.04. The Morgan fingerprint density at radius 1 is 0.840 bits per heavy atom. The van der Waals surface area contributed by atoms with Crippen LogP contribution in [0, 0.1) is 23.2 Å². The van der Waals surface area contributed by atoms with E-state index in [0.717, 1.165) is 57.3 Å². The number of urea groups is 1. The molecule has 0 bridgehead atoms. The summed E-state index contributed by atoms with van der Waals surface area (Å²) in [6.07, 6.45) is 8.66. The van der Waals surface area contributed by atoms with Crippen molar-refractivity contribution in [1.29, 1.82) is 0 Å². The van der Waals surface area contributed by atoms with Crippen LogP contribution in [-0.2, 0) is 28.7 Å². The van der Waals surface area contributed by atoms with Gasteiger partial charge in [0, 0.05) is 6.54 Å². The lowest BCUT2D eigenvalue weighted by atomic mass is 9.80. The number of carbonyl (C=O) groups excluding carboxylic acids is 6. The first kappa shape index (κ1) is 46.8. The van der Waals surface area contributed by atoms with Gasteiger partial charge < -0.3 is 31.3 Å². The number of carbonyl (C=O) groups is 6. The number of hydrogen-bond acceptors (Lipinski definition) is 7. The first-order chi connectivity index (χ1) is 23.5. The molecule has 3 fully saturated rings. The number of ether oxygens (including phenoxy) is 1. The number of amides is 5. The molecule has 2 aliphatic carbocycles. The van der Waals surface area contributed by atoms with Crippen LogP contribution >= 0.6 is 0 Å². The standard InChI is InChI=1S/C30H49N5O7.C4H10.2C2H6/c1-5-18-13-14-35(22(16-18)27(39)33-21(24(37)26(31)38)15-19-9-8-10-19)28(40)25(30(2,3)4)34-29(41)32-17-23(36)42-20-11-6-7-12-20;1-4(2)3;2*1-2/h18-22,25H,5-17H2,1-4H3,(H2,31,38)(H,33,39)(H2,32,34,41);4H,1-3H3;2*1-2H3/t18-,21?,22?,25?;;;/m0.../s1. The van der Waals surface area contributed by atoms with Crippen LogP contribution in [0.1, 0.15) is 147 Å². The molecule has 3 unspecified atom stereocenters. The second kappa shape index (κ2) is 24.1. The summed E-state index contributed by atoms with van der Waals surface area (Å²) in [6, 6.07) is -3.61. The summed E-state index contributed by atoms with van der Waals surface area (Å²) in [5.74, 6) is -2.15. The van der Waals surface area contributed by atoms with Crippen LogP contribution in [0.5, 0.6) is 0 Å². The van der Waals surface area contributed by atoms with Crippen LogP contribution < -0.4 is 21.7 Å². The number of nitrogens with zero attached hydrogens (tertiary/aromatic N) is 1. The van der Waals surface area contributed by atoms with Gasteiger partial charge >= 0.3 is 12.0 Å². The molecule has 50 heavy (non-hydrogen) atoms. The van der Waals surface area contributed by atoms with E-state index >= 15 is 0 Å². The molecule has 0 aromatic rings. The molecule has 12 heteroatoms. The van der Waals surface area contributed by atoms with E-state index in [9.17, 15) is 28.8 Å². The Bertz CT molecular complexity index is 1060. The first-order valence-electron chi connectivity index (χ1n) is 19.2. The Morgan fingerprint density at radius 3 is 1.86 bits per heavy atom. The zero-order valence-corrected chi connectivity index (χ0v) is 33.1. The van der Waals surface area contributed by atoms with Crippen LogP contribution in [0.2, 0.25) is 0 Å². The first-order valence-corrected chi connectivity index (χ1v) is 19.2. The monoisotopic (exact) mass is 710 g/mol. The van der Waals surface area contributed by atoms with E-state index in [1.54, 1.807) is 20.8 Å². The molecule has 0 spiro atoms. The summed E-state index contributed by atoms with van der Waals surface area (Å²) in [7, 11) is 0. The minimum Gasteiger partial charge on any atom is -0.461 e. The molecule has 1 heterocycles. The van der Waals surface area contributed by atoms with Crippen LogP contribution in [0.25, 0.3) is 0 Å². The van der Waals surface area contributed by atoms with Gasteiger partial charge in [-0.05, 0) is 68.1 Å². The van der Waals surface area contributed by atoms with Crippen LogP contribution in [0.4, 0.5) is 4.79 Å². The molecule has 0 radical (unpaired) electrons. The molecular weight excluding hydrogens is 638 g/mol. The van der Waals surface area contributed by atoms with E-state index in [1.807, 2.05) is 34.6 Å². The Hall–Kier alpha value is -3.18. The molecular formula is C38H71N5O7. The molecule has 5 N–H and O–H groups in total. The molecule has 12 nitrogen and oxygen atoms in total. The zero-order chi connectivity index (χ0) is 38.6. The maximum Gasteiger partial charge on any atom is 0.325 e. The Labute approximate surface area is 302 Å². The van der Waals surface area contributed by atoms with Crippen molar-refractivity contribution in [3.8, 4) is 0 Å². The summed E-state index contributed by atoms with van der Waals surface area (Å²) in [5, 5.41) is 7.94. The number of likely N-dealkylation sites (tertiary alicyclic amines) is 1. The summed E-state index contributed by atoms with van der Waals surface area (Å²) in [5.41, 5.74) is 4.56. The van der Waals surface area contributed by atoms with Gasteiger partial charge in [-0.15, -0.1) is 0 Å². The number of nitrogens with two attached hydrogens (primary N) is 1. The predicted molar refractivity (Wildman–Crippen MR) is 198 cm³/mol. The third kappa shape index (κ3) is 16.7. The number of hydrogen-bond donors (Lipinski definition) is 4. The molecule has 4 atom stereocenters. The van der Waals surface area contributed by atoms with Crippen molar-refractivity contribution in [2.24, 2.45) is 28.9 Å². The smallest absolute Gasteiger partial charge is 0.325 e. The fraction of sp³-hybridized carbons (Fsp3) is 0.842. The SMILES string of the molecule is CC.CC.CC(C)C.CC[C@H]1CCN(C(=O)C(NC(=O)NCC(=O)OC2CCCC2)C(C)(C)C)C(C(=O)NC(CC2CCC2)C(=O)C(N)=O)C1. The van der Waals surface area contributed by atoms with Crippen LogP contribution in [0.3, 0.4) is 0 Å². The lowest BCUT2D eigenvalue weighted by Crippen LogP contribution is -2.63. The van der Waals surface area contributed by atoms with Gasteiger partial charge in [0.1, 0.15) is 24.7 Å². The predicted octanol–water partition coefficient (Wildman–Crippen LogP) is 5.65. The molecule has 290 valence electrons. The highest BCUT2D eigenvalue weighted by atomic mass is 16.5. The Balaban J connectivity index is 0.00000275. The maximum absolute atomic E-state index is 14.0. The average Bonchev–Trinajstić information content (AvgIpc) is 3.56. The number of piperidine rings is 1. The van der Waals surface area contributed by atoms with Crippen molar-refractivity contribution in [2.45, 2.75) is 171 Å². The lowest BCUT2D eigenvalue weighted by molar-refractivity contribution is -0.148. The summed E-state index contributed by atoms with van der Waals surface area (Å²) in [6.45, 7) is 21.9. The molecule has 0 aromatic carbocycles. The van der Waals surface area contributed by atoms with Crippen molar-refractivity contribution in [3.05, 3.63) is 0 Å². The lowest BCUT2D eigenvalue weighted by Gasteiger charge is -2.42. The zero-order valence-electron chi connectivity index (χ0n) is 33.1. The molecule has 1 aliphatic heterocycles. The van der Waals surface area contributed by atoms with Gasteiger partial charge in [-0.2, -0.15) is 0 Å². The van der Waals surface area contributed by atoms with Crippen molar-refractivity contribution in [1.82, 2.24) is 20.9 Å². The van der Waals surface area contributed by atoms with Crippen molar-refractivity contribution >= 4 is 35.5 Å². The Kier molecular flexibility index (Phi) is 22.6. The number of Topliss-reactive ketones (excluding diaryl/α,β-unsaturated/α-hetero) is 1. The van der Waals surface area contributed by atoms with Crippen molar-refractivity contribution in [3.63, 3.8) is 0 Å². The van der Waals surface area contributed by atoms with E-state index in [0.29, 0.717) is 25.8 Å². The molecule has 2 saturated carbocycles. The second-order valence-electron chi connectivity index (χ2n) is 14.9. The van der Waals surface area contributed by atoms with E-state index in [1.165, 1.54) is 4.90 Å². The molecule has 5 amide bonds. The number of nitrogens with one attached hydrogen (secondary N) is 3. The molecule has 1 saturated heterocycles. The molecule has 3 aliphatic rings. The topological polar surface area (TPSA) is 177 Å². The Morgan fingerprint density at radius 2 is 1.40 bits per heavy atom. The van der Waals surface area contributed by atoms with Crippen molar-refractivity contribution < 1.29 is 33.5 Å². The maximum atomic E-state index is 14.0. The summed E-state index contributed by atoms with van der Waals surface area (Å²) < 4.78 is 5.38. The third-order valence-corrected chi connectivity index (χ3v) is 8.93. The molecule has 3 rings (SSSR count). The van der Waals surface area contributed by atoms with E-state index in [-0.39, 0.29) is 24.5 Å². The fourth-order valence-electron chi connectivity index (χ4n) is 6.04. The van der Waals surface area contributed by atoms with E-state index < -0.39 is 59.0 Å². The van der Waals surface area contributed by atoms with Gasteiger partial charge in [0.25, 0.3) is 5.91 Å². The van der Waals surface area contributed by atoms with Gasteiger partial charge in [-0.1, -0.05) is 102 Å². The second-order valence-corrected chi connectivity index (χ2v) is 14.9. The minimum atomic E-state index is -1.10. The van der Waals surface area contributed by atoms with E-state index in [2.05, 4.69) is 36.7 Å². The van der Waals surface area contributed by atoms with Gasteiger partial charge in [0.15, 0.2) is 0 Å². The minimum absolute atomic E-state index is 0.119. The number of rotatable bonds is 12. The number of ketones is 1. The third-order valence-electron chi connectivity index (χ3n) is 8.93. The van der Waals surface area contributed by atoms with Crippen LogP contribution in [-0.4, -0.2) is 77.7 Å². The number of primary amides is 1. The molecule has 0 aromatic heterocycles. The highest BCUT2D eigenvalue weighted by Gasteiger charge is 2.43. The van der Waals surface area contributed by atoms with Gasteiger partial charge in [-0.3, -0.25) is 24.0 Å². The average molecular weight is 710 g/mol. The number of esters is 1. The normalized spacial score (nSPS) is 20.1.